The molecule has 0 bridgehead atoms. The van der Waals surface area contributed by atoms with Crippen LogP contribution in [0.15, 0.2) is 18.7 Å². The highest BCUT2D eigenvalue weighted by Gasteiger charge is 2.25. The zero-order chi connectivity index (χ0) is 11.1. The number of hydrogen-bond acceptors (Lipinski definition) is 2. The van der Waals surface area contributed by atoms with Crippen LogP contribution in [0.5, 0.6) is 0 Å². The lowest BCUT2D eigenvalue weighted by molar-refractivity contribution is 0.314. The first kappa shape index (κ1) is 12.7. The van der Waals surface area contributed by atoms with Gasteiger partial charge in [-0.1, -0.05) is 6.92 Å². The van der Waals surface area contributed by atoms with Gasteiger partial charge >= 0.3 is 0 Å². The molecular formula is C10H19ClN2OSi. The topological polar surface area (TPSA) is 27.1 Å². The number of hydrogen-bond donors (Lipinski definition) is 0. The Morgan fingerprint density at radius 2 is 2.33 bits per heavy atom. The third-order valence-corrected chi connectivity index (χ3v) is 5.15. The van der Waals surface area contributed by atoms with Crippen LogP contribution in [0.2, 0.25) is 12.6 Å². The van der Waals surface area contributed by atoms with Crippen molar-refractivity contribution in [3.05, 3.63) is 18.7 Å². The van der Waals surface area contributed by atoms with E-state index in [0.717, 1.165) is 32.0 Å². The lowest BCUT2D eigenvalue weighted by Crippen LogP contribution is -2.28. The maximum absolute atomic E-state index is 6.35. The smallest absolute Gasteiger partial charge is 0.287 e. The van der Waals surface area contributed by atoms with Gasteiger partial charge < -0.3 is 8.99 Å². The molecule has 1 unspecified atom stereocenters. The monoisotopic (exact) mass is 246 g/mol. The Labute approximate surface area is 97.3 Å². The van der Waals surface area contributed by atoms with E-state index in [1.54, 1.807) is 6.20 Å². The lowest BCUT2D eigenvalue weighted by Gasteiger charge is -2.19. The molecule has 0 aromatic carbocycles. The maximum Gasteiger partial charge on any atom is 0.287 e. The van der Waals surface area contributed by atoms with E-state index in [2.05, 4.69) is 23.0 Å². The van der Waals surface area contributed by atoms with Gasteiger partial charge in [-0.15, -0.1) is 11.1 Å². The molecule has 1 heterocycles. The van der Waals surface area contributed by atoms with Gasteiger partial charge in [0.05, 0.1) is 6.33 Å². The van der Waals surface area contributed by atoms with Crippen molar-refractivity contribution in [2.24, 2.45) is 0 Å². The van der Waals surface area contributed by atoms with E-state index in [0.29, 0.717) is 0 Å². The van der Waals surface area contributed by atoms with Crippen molar-refractivity contribution in [2.75, 3.05) is 6.61 Å². The molecule has 0 fully saturated rings. The van der Waals surface area contributed by atoms with Crippen molar-refractivity contribution in [2.45, 2.75) is 38.9 Å². The van der Waals surface area contributed by atoms with Gasteiger partial charge in [0.2, 0.25) is 0 Å². The van der Waals surface area contributed by atoms with Crippen LogP contribution in [-0.2, 0) is 11.0 Å². The molecule has 0 aliphatic heterocycles. The molecule has 1 aromatic heterocycles. The third kappa shape index (κ3) is 5.35. The summed E-state index contributed by atoms with van der Waals surface area (Å²) in [5.74, 6) is 0. The fourth-order valence-corrected chi connectivity index (χ4v) is 3.58. The Hall–Kier alpha value is -0.323. The SMILES string of the molecule is CCCO[Si](C)(Cl)CCCn1ccnc1. The van der Waals surface area contributed by atoms with Gasteiger partial charge in [-0.05, 0) is 25.4 Å². The summed E-state index contributed by atoms with van der Waals surface area (Å²) in [7, 11) is -1.92. The van der Waals surface area contributed by atoms with E-state index >= 15 is 0 Å². The van der Waals surface area contributed by atoms with E-state index in [1.807, 2.05) is 12.5 Å². The van der Waals surface area contributed by atoms with Crippen molar-refractivity contribution in [3.8, 4) is 0 Å². The molecule has 15 heavy (non-hydrogen) atoms. The maximum atomic E-state index is 6.35. The highest BCUT2D eigenvalue weighted by Crippen LogP contribution is 2.19. The average molecular weight is 247 g/mol. The fraction of sp³-hybridized carbons (Fsp3) is 0.700. The summed E-state index contributed by atoms with van der Waals surface area (Å²) in [5.41, 5.74) is 0. The van der Waals surface area contributed by atoms with E-state index in [9.17, 15) is 0 Å². The van der Waals surface area contributed by atoms with E-state index in [-0.39, 0.29) is 0 Å². The van der Waals surface area contributed by atoms with Crippen LogP contribution in [0.3, 0.4) is 0 Å². The molecule has 0 radical (unpaired) electrons. The molecule has 86 valence electrons. The van der Waals surface area contributed by atoms with Gasteiger partial charge in [-0.25, -0.2) is 4.98 Å². The van der Waals surface area contributed by atoms with E-state index < -0.39 is 7.63 Å². The van der Waals surface area contributed by atoms with Gasteiger partial charge in [0.25, 0.3) is 7.63 Å². The average Bonchev–Trinajstić information content (AvgIpc) is 2.67. The highest BCUT2D eigenvalue weighted by atomic mass is 35.6. The number of nitrogens with zero attached hydrogens (tertiary/aromatic N) is 2. The van der Waals surface area contributed by atoms with Crippen LogP contribution in [0, 0.1) is 0 Å². The Morgan fingerprint density at radius 1 is 1.53 bits per heavy atom. The van der Waals surface area contributed by atoms with E-state index in [1.165, 1.54) is 0 Å². The first-order valence-electron chi connectivity index (χ1n) is 5.42. The molecule has 0 saturated carbocycles. The van der Waals surface area contributed by atoms with E-state index in [4.69, 9.17) is 15.5 Å². The summed E-state index contributed by atoms with van der Waals surface area (Å²) >= 11 is 6.35. The number of aryl methyl sites for hydroxylation is 1. The largest absolute Gasteiger partial charge is 0.403 e. The summed E-state index contributed by atoms with van der Waals surface area (Å²) in [6.45, 7) is 5.94. The summed E-state index contributed by atoms with van der Waals surface area (Å²) in [5, 5.41) is 0. The number of halogens is 1. The Morgan fingerprint density at radius 3 is 2.93 bits per heavy atom. The second kappa shape index (κ2) is 6.30. The van der Waals surface area contributed by atoms with Crippen molar-refractivity contribution in [1.82, 2.24) is 9.55 Å². The first-order valence-corrected chi connectivity index (χ1v) is 9.05. The highest BCUT2D eigenvalue weighted by molar-refractivity contribution is 7.16. The van der Waals surface area contributed by atoms with Crippen LogP contribution >= 0.6 is 11.1 Å². The zero-order valence-corrected chi connectivity index (χ0v) is 11.2. The quantitative estimate of drug-likeness (QED) is 0.546. The van der Waals surface area contributed by atoms with Crippen LogP contribution in [-0.4, -0.2) is 23.8 Å². The minimum Gasteiger partial charge on any atom is -0.403 e. The lowest BCUT2D eigenvalue weighted by atomic mass is 10.5. The normalized spacial score (nSPS) is 15.1. The summed E-state index contributed by atoms with van der Waals surface area (Å²) < 4.78 is 7.75. The summed E-state index contributed by atoms with van der Waals surface area (Å²) in [4.78, 5) is 4.00. The molecule has 0 N–H and O–H groups in total. The van der Waals surface area contributed by atoms with Crippen LogP contribution in [0.4, 0.5) is 0 Å². The fourth-order valence-electron chi connectivity index (χ4n) is 1.38. The van der Waals surface area contributed by atoms with Crippen LogP contribution in [0.1, 0.15) is 19.8 Å². The molecular weight excluding hydrogens is 228 g/mol. The van der Waals surface area contributed by atoms with Gasteiger partial charge in [0.15, 0.2) is 0 Å². The third-order valence-electron chi connectivity index (χ3n) is 2.21. The molecule has 1 aromatic rings. The minimum atomic E-state index is -1.92. The number of imidazole rings is 1. The molecule has 1 atom stereocenters. The molecule has 5 heteroatoms. The molecule has 1 rings (SSSR count). The number of aromatic nitrogens is 2. The molecule has 0 amide bonds. The first-order chi connectivity index (χ1) is 7.14. The molecule has 3 nitrogen and oxygen atoms in total. The molecule has 0 aliphatic carbocycles. The predicted octanol–water partition coefficient (Wildman–Crippen LogP) is 3.01. The Kier molecular flexibility index (Phi) is 5.35. The van der Waals surface area contributed by atoms with Crippen molar-refractivity contribution in [1.29, 1.82) is 0 Å². The van der Waals surface area contributed by atoms with Gasteiger partial charge in [-0.3, -0.25) is 0 Å². The zero-order valence-electron chi connectivity index (χ0n) is 9.45. The molecule has 0 spiro atoms. The standard InChI is InChI=1S/C10H19ClN2OSi/c1-3-8-14-15(2,11)9-4-6-13-7-5-12-10-13/h5,7,10H,3-4,6,8-9H2,1-2H3. The molecule has 0 aliphatic rings. The second-order valence-electron chi connectivity index (χ2n) is 3.85. The van der Waals surface area contributed by atoms with Crippen molar-refractivity contribution < 1.29 is 4.43 Å². The van der Waals surface area contributed by atoms with Gasteiger partial charge in [-0.2, -0.15) is 0 Å². The van der Waals surface area contributed by atoms with Gasteiger partial charge in [0, 0.05) is 25.5 Å². The van der Waals surface area contributed by atoms with Crippen LogP contribution in [0.25, 0.3) is 0 Å². The van der Waals surface area contributed by atoms with Crippen LogP contribution < -0.4 is 0 Å². The predicted molar refractivity (Wildman–Crippen MR) is 65.4 cm³/mol. The summed E-state index contributed by atoms with van der Waals surface area (Å²) in [6.07, 6.45) is 7.70. The van der Waals surface area contributed by atoms with Crippen molar-refractivity contribution >= 4 is 18.7 Å². The number of rotatable bonds is 7. The second-order valence-corrected chi connectivity index (χ2v) is 9.25. The Bertz CT molecular complexity index is 264. The summed E-state index contributed by atoms with van der Waals surface area (Å²) in [6, 6.07) is 0.993. The minimum absolute atomic E-state index is 0.789. The van der Waals surface area contributed by atoms with Gasteiger partial charge in [0.1, 0.15) is 0 Å². The Balaban J connectivity index is 2.18. The van der Waals surface area contributed by atoms with Crippen molar-refractivity contribution in [3.63, 3.8) is 0 Å². The molecule has 0 saturated heterocycles.